The first-order valence-electron chi connectivity index (χ1n) is 11.1. The van der Waals surface area contributed by atoms with Gasteiger partial charge < -0.3 is 20.1 Å². The fourth-order valence-electron chi connectivity index (χ4n) is 3.94. The molecule has 2 aromatic rings. The zero-order valence-corrected chi connectivity index (χ0v) is 17.7. The summed E-state index contributed by atoms with van der Waals surface area (Å²) in [7, 11) is 0. The van der Waals surface area contributed by atoms with Crippen LogP contribution in [0.25, 0.3) is 0 Å². The van der Waals surface area contributed by atoms with Crippen molar-refractivity contribution < 1.29 is 14.7 Å². The Labute approximate surface area is 189 Å². The maximum absolute atomic E-state index is 12.3. The van der Waals surface area contributed by atoms with E-state index in [0.717, 1.165) is 37.1 Å². The molecule has 0 saturated heterocycles. The number of aliphatic imine (C=N–C) groups is 1. The standard InChI is InChI=1S/C23H23N7O3/c31-22(24-15-5-6-15)14-3-7-16(8-4-14)29-11-20-25-18(23(32)33)10-30(20)21(12-29)26-19-9-17(27-28-19)13-1-2-13/h3-4,7-10,12-13,15H,1-2,5-6,11H2,(H,24,31)(H,32,33)(H2,26,27,28)/q+1/p-1. The third-order valence-electron chi connectivity index (χ3n) is 6.08. The Hall–Kier alpha value is -3.92. The van der Waals surface area contributed by atoms with Crippen molar-refractivity contribution in [1.29, 1.82) is 0 Å². The number of hydrogen-bond acceptors (Lipinski definition) is 8. The second kappa shape index (κ2) is 7.59. The van der Waals surface area contributed by atoms with Gasteiger partial charge in [-0.2, -0.15) is 10.1 Å². The molecule has 3 N–H and O–H groups in total. The number of carbonyl (C=O) groups is 2. The number of nitrogens with one attached hydrogen (secondary N) is 3. The van der Waals surface area contributed by atoms with E-state index in [1.165, 1.54) is 6.20 Å². The zero-order chi connectivity index (χ0) is 22.5. The minimum atomic E-state index is -1.33. The van der Waals surface area contributed by atoms with Crippen molar-refractivity contribution in [3.05, 3.63) is 65.5 Å². The Balaban J connectivity index is 1.27. The molecule has 167 valence electrons. The molecule has 0 atom stereocenters. The highest BCUT2D eigenvalue weighted by molar-refractivity contribution is 6.02. The molecule has 1 aromatic carbocycles. The number of amidine groups is 1. The normalized spacial score (nSPS) is 20.0. The summed E-state index contributed by atoms with van der Waals surface area (Å²) in [6.45, 7) is 0.361. The highest BCUT2D eigenvalue weighted by Crippen LogP contribution is 2.39. The molecular formula is C23H22N7O3. The molecule has 10 heteroatoms. The summed E-state index contributed by atoms with van der Waals surface area (Å²) in [5, 5.41) is 25.1. The molecule has 1 amide bonds. The Kier molecular flexibility index (Phi) is 4.54. The van der Waals surface area contributed by atoms with Crippen molar-refractivity contribution in [1.82, 2.24) is 20.4 Å². The van der Waals surface area contributed by atoms with Gasteiger partial charge >= 0.3 is 0 Å². The molecule has 2 saturated carbocycles. The minimum Gasteiger partial charge on any atom is -0.543 e. The Morgan fingerprint density at radius 1 is 1.15 bits per heavy atom. The number of carboxylic acids is 1. The number of rotatable bonds is 7. The van der Waals surface area contributed by atoms with Crippen LogP contribution in [0.15, 0.2) is 59.2 Å². The Morgan fingerprint density at radius 2 is 1.94 bits per heavy atom. The van der Waals surface area contributed by atoms with Gasteiger partial charge in [0, 0.05) is 35.0 Å². The number of nitrogens with zero attached hydrogens (tertiary/aromatic N) is 4. The lowest BCUT2D eigenvalue weighted by Crippen LogP contribution is -2.45. The highest BCUT2D eigenvalue weighted by atomic mass is 16.4. The number of aromatic nitrogens is 2. The number of hydrogen-bond donors (Lipinski definition) is 3. The minimum absolute atomic E-state index is 0.0697. The summed E-state index contributed by atoms with van der Waals surface area (Å²) in [6.07, 6.45) is 7.72. The van der Waals surface area contributed by atoms with E-state index in [2.05, 4.69) is 25.8 Å². The average molecular weight is 444 g/mol. The summed E-state index contributed by atoms with van der Waals surface area (Å²) >= 11 is 0. The van der Waals surface area contributed by atoms with Crippen LogP contribution in [-0.4, -0.2) is 40.5 Å². The number of H-pyrrole nitrogens is 1. The van der Waals surface area contributed by atoms with E-state index in [0.29, 0.717) is 41.5 Å². The lowest BCUT2D eigenvalue weighted by atomic mass is 10.1. The van der Waals surface area contributed by atoms with Crippen molar-refractivity contribution in [2.24, 2.45) is 4.99 Å². The number of amides is 1. The number of aliphatic carboxylic acids is 1. The molecule has 2 aliphatic carbocycles. The van der Waals surface area contributed by atoms with Gasteiger partial charge in [0.25, 0.3) is 17.6 Å². The second-order valence-corrected chi connectivity index (χ2v) is 8.74. The van der Waals surface area contributed by atoms with Crippen LogP contribution in [0, 0.1) is 0 Å². The first-order valence-corrected chi connectivity index (χ1v) is 11.1. The van der Waals surface area contributed by atoms with Crippen molar-refractivity contribution in [2.45, 2.75) is 37.6 Å². The predicted octanol–water partition coefficient (Wildman–Crippen LogP) is 1.05. The van der Waals surface area contributed by atoms with Crippen LogP contribution in [0.1, 0.15) is 47.7 Å². The molecule has 2 fully saturated rings. The molecule has 1 aromatic heterocycles. The highest BCUT2D eigenvalue weighted by Gasteiger charge is 2.40. The number of anilines is 2. The molecular weight excluding hydrogens is 422 g/mol. The smallest absolute Gasteiger partial charge is 0.284 e. The quantitative estimate of drug-likeness (QED) is 0.547. The average Bonchev–Trinajstić information content (AvgIpc) is 3.73. The summed E-state index contributed by atoms with van der Waals surface area (Å²) in [5.41, 5.74) is 2.41. The van der Waals surface area contributed by atoms with Crippen LogP contribution < -0.4 is 25.5 Å². The molecule has 4 aliphatic rings. The van der Waals surface area contributed by atoms with Crippen LogP contribution in [0.4, 0.5) is 11.5 Å². The first-order chi connectivity index (χ1) is 16.0. The second-order valence-electron chi connectivity index (χ2n) is 8.74. The molecule has 0 unspecified atom stereocenters. The van der Waals surface area contributed by atoms with Gasteiger partial charge in [-0.05, 0) is 54.8 Å². The molecule has 10 nitrogen and oxygen atoms in total. The van der Waals surface area contributed by atoms with Crippen molar-refractivity contribution >= 4 is 29.2 Å². The Morgan fingerprint density at radius 3 is 2.64 bits per heavy atom. The third-order valence-corrected chi connectivity index (χ3v) is 6.08. The molecule has 6 rings (SSSR count). The maximum atomic E-state index is 12.3. The van der Waals surface area contributed by atoms with E-state index in [9.17, 15) is 14.7 Å². The van der Waals surface area contributed by atoms with Crippen LogP contribution >= 0.6 is 0 Å². The molecule has 0 bridgehead atoms. The van der Waals surface area contributed by atoms with E-state index in [1.54, 1.807) is 17.0 Å². The van der Waals surface area contributed by atoms with E-state index in [-0.39, 0.29) is 11.6 Å². The summed E-state index contributed by atoms with van der Waals surface area (Å²) in [6, 6.07) is 9.59. The van der Waals surface area contributed by atoms with Gasteiger partial charge in [-0.1, -0.05) is 0 Å². The first kappa shape index (κ1) is 19.7. The van der Waals surface area contributed by atoms with Gasteiger partial charge in [-0.15, -0.1) is 0 Å². The predicted molar refractivity (Wildman–Crippen MR) is 119 cm³/mol. The van der Waals surface area contributed by atoms with Crippen molar-refractivity contribution in [3.63, 3.8) is 0 Å². The number of carbonyl (C=O) groups excluding carboxylic acids is 2. The van der Waals surface area contributed by atoms with E-state index in [1.807, 2.05) is 29.3 Å². The van der Waals surface area contributed by atoms with Gasteiger partial charge in [0.15, 0.2) is 17.7 Å². The molecule has 2 aliphatic heterocycles. The lowest BCUT2D eigenvalue weighted by molar-refractivity contribution is -0.299. The monoisotopic (exact) mass is 444 g/mol. The van der Waals surface area contributed by atoms with Gasteiger partial charge in [-0.25, -0.2) is 0 Å². The summed E-state index contributed by atoms with van der Waals surface area (Å²) in [4.78, 5) is 31.6. The van der Waals surface area contributed by atoms with E-state index < -0.39 is 5.97 Å². The molecule has 0 spiro atoms. The lowest BCUT2D eigenvalue weighted by Gasteiger charge is -2.25. The summed E-state index contributed by atoms with van der Waals surface area (Å²) < 4.78 is 0. The van der Waals surface area contributed by atoms with Gasteiger partial charge in [0.2, 0.25) is 0 Å². The van der Waals surface area contributed by atoms with E-state index in [4.69, 9.17) is 0 Å². The SMILES string of the molecule is O=C([O-])C1=C[N+]2C(Nc3cc(C4CC4)[nH]n3)=CN(c3ccc(C(=O)NC4CC4)cc3)CC2=N1. The topological polar surface area (TPSA) is 131 Å². The third kappa shape index (κ3) is 4.00. The van der Waals surface area contributed by atoms with Gasteiger partial charge in [0.1, 0.15) is 6.54 Å². The van der Waals surface area contributed by atoms with Gasteiger partial charge in [-0.3, -0.25) is 15.2 Å². The van der Waals surface area contributed by atoms with Crippen molar-refractivity contribution in [3.8, 4) is 0 Å². The number of benzene rings is 1. The van der Waals surface area contributed by atoms with Crippen LogP contribution in [-0.2, 0) is 4.79 Å². The molecule has 3 heterocycles. The van der Waals surface area contributed by atoms with Gasteiger partial charge in [0.05, 0.1) is 12.2 Å². The largest absolute Gasteiger partial charge is 0.543 e. The fourth-order valence-corrected chi connectivity index (χ4v) is 3.94. The zero-order valence-electron chi connectivity index (χ0n) is 17.7. The number of carboxylic acid groups (broad SMARTS) is 1. The van der Waals surface area contributed by atoms with E-state index >= 15 is 0 Å². The van der Waals surface area contributed by atoms with Crippen LogP contribution in [0.3, 0.4) is 0 Å². The number of fused-ring (bicyclic) bond motifs is 1. The Bertz CT molecular complexity index is 1220. The van der Waals surface area contributed by atoms with Crippen LogP contribution in [0.2, 0.25) is 0 Å². The fraction of sp³-hybridized carbons (Fsp3) is 0.304. The number of aromatic amines is 1. The maximum Gasteiger partial charge on any atom is 0.284 e. The molecule has 1 radical (unpaired) electrons. The van der Waals surface area contributed by atoms with Crippen molar-refractivity contribution in [2.75, 3.05) is 16.8 Å². The van der Waals surface area contributed by atoms with Crippen LogP contribution in [0.5, 0.6) is 0 Å². The summed E-state index contributed by atoms with van der Waals surface area (Å²) in [5.74, 6) is 0.943. The molecule has 33 heavy (non-hydrogen) atoms.